The van der Waals surface area contributed by atoms with Crippen molar-refractivity contribution in [1.82, 2.24) is 25.3 Å². The summed E-state index contributed by atoms with van der Waals surface area (Å²) in [6.07, 6.45) is 2.53. The first-order valence-corrected chi connectivity index (χ1v) is 10.7. The molecule has 8 nitrogen and oxygen atoms in total. The van der Waals surface area contributed by atoms with Gasteiger partial charge in [-0.1, -0.05) is 19.9 Å². The lowest BCUT2D eigenvalue weighted by Gasteiger charge is -2.14. The molecule has 0 saturated carbocycles. The largest absolute Gasteiger partial charge is 0.387 e. The van der Waals surface area contributed by atoms with Gasteiger partial charge in [0.15, 0.2) is 0 Å². The fourth-order valence-electron chi connectivity index (χ4n) is 3.51. The molecular formula is C24H25FN6O2. The van der Waals surface area contributed by atoms with Crippen LogP contribution in [0.25, 0.3) is 33.4 Å². The minimum Gasteiger partial charge on any atom is -0.387 e. The van der Waals surface area contributed by atoms with Gasteiger partial charge in [-0.2, -0.15) is 0 Å². The molecule has 0 fully saturated rings. The number of amides is 2. The van der Waals surface area contributed by atoms with Crippen molar-refractivity contribution >= 4 is 23.0 Å². The van der Waals surface area contributed by atoms with Crippen LogP contribution in [0, 0.1) is 11.7 Å². The van der Waals surface area contributed by atoms with E-state index in [2.05, 4.69) is 30.6 Å². The quantitative estimate of drug-likeness (QED) is 0.342. The van der Waals surface area contributed by atoms with Gasteiger partial charge in [0.2, 0.25) is 5.95 Å². The molecule has 1 aromatic carbocycles. The normalized spacial score (nSPS) is 12.2. The molecule has 4 N–H and O–H groups in total. The van der Waals surface area contributed by atoms with E-state index in [-0.39, 0.29) is 17.6 Å². The van der Waals surface area contributed by atoms with Crippen molar-refractivity contribution in [1.29, 1.82) is 0 Å². The molecule has 1 atom stereocenters. The second-order valence-electron chi connectivity index (χ2n) is 7.98. The number of rotatable bonds is 6. The van der Waals surface area contributed by atoms with Crippen molar-refractivity contribution in [3.8, 4) is 22.4 Å². The first-order valence-electron chi connectivity index (χ1n) is 10.7. The Morgan fingerprint density at radius 2 is 2.00 bits per heavy atom. The van der Waals surface area contributed by atoms with E-state index in [0.717, 1.165) is 11.1 Å². The van der Waals surface area contributed by atoms with Crippen molar-refractivity contribution in [3.63, 3.8) is 0 Å². The van der Waals surface area contributed by atoms with Crippen LogP contribution < -0.4 is 10.6 Å². The van der Waals surface area contributed by atoms with Crippen molar-refractivity contribution in [2.75, 3.05) is 11.9 Å². The van der Waals surface area contributed by atoms with Crippen LogP contribution in [0.15, 0.2) is 48.8 Å². The van der Waals surface area contributed by atoms with E-state index in [1.165, 1.54) is 18.3 Å². The van der Waals surface area contributed by atoms with Gasteiger partial charge in [-0.05, 0) is 48.7 Å². The van der Waals surface area contributed by atoms with Gasteiger partial charge < -0.3 is 15.4 Å². The lowest BCUT2D eigenvalue weighted by atomic mass is 9.99. The number of fused-ring (bicyclic) bond motifs is 1. The molecule has 2 amide bonds. The van der Waals surface area contributed by atoms with Crippen LogP contribution in [0.4, 0.5) is 15.1 Å². The number of imidazole rings is 1. The summed E-state index contributed by atoms with van der Waals surface area (Å²) in [5, 5.41) is 15.6. The third-order valence-electron chi connectivity index (χ3n) is 5.23. The molecule has 0 bridgehead atoms. The second-order valence-corrected chi connectivity index (χ2v) is 7.98. The van der Waals surface area contributed by atoms with Gasteiger partial charge in [-0.25, -0.2) is 14.2 Å². The third kappa shape index (κ3) is 4.68. The van der Waals surface area contributed by atoms with Gasteiger partial charge in [-0.15, -0.1) is 0 Å². The molecule has 0 saturated heterocycles. The van der Waals surface area contributed by atoms with E-state index in [0.29, 0.717) is 28.8 Å². The van der Waals surface area contributed by atoms with Crippen LogP contribution in [-0.4, -0.2) is 37.6 Å². The Bertz CT molecular complexity index is 1290. The van der Waals surface area contributed by atoms with Crippen LogP contribution in [0.2, 0.25) is 0 Å². The number of aromatic nitrogens is 4. The monoisotopic (exact) mass is 448 g/mol. The number of aliphatic hydroxyl groups excluding tert-OH is 1. The average molecular weight is 449 g/mol. The van der Waals surface area contributed by atoms with Gasteiger partial charge in [0.25, 0.3) is 0 Å². The van der Waals surface area contributed by atoms with Crippen molar-refractivity contribution in [2.24, 2.45) is 5.92 Å². The van der Waals surface area contributed by atoms with Gasteiger partial charge in [0.05, 0.1) is 22.8 Å². The van der Waals surface area contributed by atoms with E-state index in [1.54, 1.807) is 18.3 Å². The molecule has 0 aliphatic carbocycles. The zero-order valence-corrected chi connectivity index (χ0v) is 18.6. The molecule has 0 aliphatic heterocycles. The molecule has 4 rings (SSSR count). The summed E-state index contributed by atoms with van der Waals surface area (Å²) in [5.74, 6) is -0.199. The maximum atomic E-state index is 14.7. The van der Waals surface area contributed by atoms with E-state index >= 15 is 0 Å². The minimum absolute atomic E-state index is 0.0401. The molecule has 0 spiro atoms. The van der Waals surface area contributed by atoms with Crippen LogP contribution in [-0.2, 0) is 0 Å². The molecule has 170 valence electrons. The van der Waals surface area contributed by atoms with Gasteiger partial charge in [0, 0.05) is 30.1 Å². The Kier molecular flexibility index (Phi) is 6.32. The number of aromatic amines is 1. The minimum atomic E-state index is -0.658. The number of pyridine rings is 2. The second kappa shape index (κ2) is 9.33. The number of H-pyrrole nitrogens is 1. The Labute approximate surface area is 190 Å². The van der Waals surface area contributed by atoms with E-state index < -0.39 is 18.0 Å². The number of benzene rings is 1. The number of halogens is 1. The number of hydrogen-bond donors (Lipinski definition) is 4. The summed E-state index contributed by atoms with van der Waals surface area (Å²) < 4.78 is 14.7. The molecule has 0 aliphatic rings. The number of urea groups is 1. The zero-order chi connectivity index (χ0) is 23.5. The van der Waals surface area contributed by atoms with E-state index in [1.807, 2.05) is 32.9 Å². The molecule has 9 heteroatoms. The molecule has 4 aromatic rings. The fraction of sp³-hybridized carbons (Fsp3) is 0.250. The Balaban J connectivity index is 1.82. The highest BCUT2D eigenvalue weighted by molar-refractivity contribution is 5.98. The highest BCUT2D eigenvalue weighted by Gasteiger charge is 2.18. The number of carbonyl (C=O) groups is 1. The van der Waals surface area contributed by atoms with Crippen molar-refractivity contribution in [3.05, 3.63) is 60.3 Å². The van der Waals surface area contributed by atoms with Crippen LogP contribution in [0.5, 0.6) is 0 Å². The maximum Gasteiger partial charge on any atom is 0.321 e. The summed E-state index contributed by atoms with van der Waals surface area (Å²) in [6, 6.07) is 9.73. The Morgan fingerprint density at radius 3 is 2.67 bits per heavy atom. The summed E-state index contributed by atoms with van der Waals surface area (Å²) >= 11 is 0. The highest BCUT2D eigenvalue weighted by atomic mass is 19.1. The number of nitrogens with zero attached hydrogens (tertiary/aromatic N) is 3. The first kappa shape index (κ1) is 22.3. The molecule has 3 aromatic heterocycles. The standard InChI is InChI=1S/C24H25FN6O2/c1-4-26-24(33)31-23-29-19-11-15(14-7-8-18(28-12-14)22(32)13(2)3)10-16(21(19)30-23)20-17(25)6-5-9-27-20/h5-13,22,32H,4H2,1-3H3,(H3,26,29,30,31,33). The van der Waals surface area contributed by atoms with Gasteiger partial charge in [-0.3, -0.25) is 15.3 Å². The smallest absolute Gasteiger partial charge is 0.321 e. The zero-order valence-electron chi connectivity index (χ0n) is 18.6. The molecule has 3 heterocycles. The number of anilines is 1. The topological polar surface area (TPSA) is 116 Å². The van der Waals surface area contributed by atoms with Crippen LogP contribution >= 0.6 is 0 Å². The summed E-state index contributed by atoms with van der Waals surface area (Å²) in [4.78, 5) is 28.1. The number of hydrogen-bond acceptors (Lipinski definition) is 5. The van der Waals surface area contributed by atoms with E-state index in [4.69, 9.17) is 0 Å². The summed E-state index contributed by atoms with van der Waals surface area (Å²) in [7, 11) is 0. The average Bonchev–Trinajstić information content (AvgIpc) is 3.20. The number of aliphatic hydroxyl groups is 1. The predicted molar refractivity (Wildman–Crippen MR) is 125 cm³/mol. The van der Waals surface area contributed by atoms with Gasteiger partial charge >= 0.3 is 6.03 Å². The SMILES string of the molecule is CCNC(=O)Nc1nc2cc(-c3ccc(C(O)C(C)C)nc3)cc(-c3ncccc3F)c2[nH]1. The fourth-order valence-corrected chi connectivity index (χ4v) is 3.51. The lowest BCUT2D eigenvalue weighted by Crippen LogP contribution is -2.28. The van der Waals surface area contributed by atoms with E-state index in [9.17, 15) is 14.3 Å². The Morgan fingerprint density at radius 1 is 1.18 bits per heavy atom. The molecular weight excluding hydrogens is 423 g/mol. The third-order valence-corrected chi connectivity index (χ3v) is 5.23. The molecule has 33 heavy (non-hydrogen) atoms. The summed E-state index contributed by atoms with van der Waals surface area (Å²) in [5.41, 5.74) is 3.85. The Hall–Kier alpha value is -3.85. The van der Waals surface area contributed by atoms with Crippen LogP contribution in [0.1, 0.15) is 32.6 Å². The number of carbonyl (C=O) groups excluding carboxylic acids is 1. The van der Waals surface area contributed by atoms with Crippen molar-refractivity contribution < 1.29 is 14.3 Å². The summed E-state index contributed by atoms with van der Waals surface area (Å²) in [6.45, 7) is 6.12. The first-order chi connectivity index (χ1) is 15.9. The number of nitrogens with one attached hydrogen (secondary N) is 3. The van der Waals surface area contributed by atoms with Crippen LogP contribution in [0.3, 0.4) is 0 Å². The molecule has 1 unspecified atom stereocenters. The molecule has 0 radical (unpaired) electrons. The highest BCUT2D eigenvalue weighted by Crippen LogP contribution is 2.34. The maximum absolute atomic E-state index is 14.7. The van der Waals surface area contributed by atoms with Crippen molar-refractivity contribution in [2.45, 2.75) is 26.9 Å². The van der Waals surface area contributed by atoms with Gasteiger partial charge in [0.1, 0.15) is 11.5 Å². The lowest BCUT2D eigenvalue weighted by molar-refractivity contribution is 0.122. The predicted octanol–water partition coefficient (Wildman–Crippen LogP) is 4.66.